The number of hydrogen-bond donors (Lipinski definition) is 1. The van der Waals surface area contributed by atoms with Crippen molar-refractivity contribution >= 4 is 0 Å². The van der Waals surface area contributed by atoms with Gasteiger partial charge >= 0.3 is 0 Å². The monoisotopic (exact) mass is 167 g/mol. The summed E-state index contributed by atoms with van der Waals surface area (Å²) in [5.41, 5.74) is 1.09. The lowest BCUT2D eigenvalue weighted by molar-refractivity contribution is 0.141. The molecule has 2 rings (SSSR count). The van der Waals surface area contributed by atoms with Crippen LogP contribution in [-0.4, -0.2) is 29.0 Å². The van der Waals surface area contributed by atoms with E-state index in [0.29, 0.717) is 6.10 Å². The van der Waals surface area contributed by atoms with Crippen molar-refractivity contribution in [2.75, 3.05) is 13.1 Å². The van der Waals surface area contributed by atoms with Crippen molar-refractivity contribution in [3.8, 4) is 5.75 Å². The van der Waals surface area contributed by atoms with Gasteiger partial charge in [-0.15, -0.1) is 0 Å². The van der Waals surface area contributed by atoms with E-state index in [0.717, 1.165) is 24.5 Å². The van der Waals surface area contributed by atoms with Crippen molar-refractivity contribution in [2.45, 2.75) is 13.0 Å². The topological polar surface area (TPSA) is 39.1 Å². The third kappa shape index (κ3) is 1.18. The van der Waals surface area contributed by atoms with Gasteiger partial charge in [0.25, 0.3) is 0 Å². The summed E-state index contributed by atoms with van der Waals surface area (Å²) in [4.78, 5) is 0. The SMILES string of the molecule is Cc1c(OC2CNC2)cnn1C. The van der Waals surface area contributed by atoms with E-state index >= 15 is 0 Å². The highest BCUT2D eigenvalue weighted by molar-refractivity contribution is 5.23. The Kier molecular flexibility index (Phi) is 1.77. The molecule has 1 aromatic rings. The summed E-state index contributed by atoms with van der Waals surface area (Å²) in [5.74, 6) is 0.906. The fraction of sp³-hybridized carbons (Fsp3) is 0.625. The molecule has 0 unspecified atom stereocenters. The minimum absolute atomic E-state index is 0.341. The Morgan fingerprint density at radius 3 is 2.83 bits per heavy atom. The summed E-state index contributed by atoms with van der Waals surface area (Å²) in [6, 6.07) is 0. The second-order valence-electron chi connectivity index (χ2n) is 3.12. The number of nitrogens with one attached hydrogen (secondary N) is 1. The molecule has 66 valence electrons. The Labute approximate surface area is 71.5 Å². The van der Waals surface area contributed by atoms with E-state index in [2.05, 4.69) is 10.4 Å². The van der Waals surface area contributed by atoms with Crippen LogP contribution in [0.1, 0.15) is 5.69 Å². The predicted molar refractivity (Wildman–Crippen MR) is 45.2 cm³/mol. The van der Waals surface area contributed by atoms with Crippen molar-refractivity contribution < 1.29 is 4.74 Å². The Bertz CT molecular complexity index is 278. The average Bonchev–Trinajstić information content (AvgIpc) is 2.27. The van der Waals surface area contributed by atoms with Gasteiger partial charge < -0.3 is 10.1 Å². The van der Waals surface area contributed by atoms with Gasteiger partial charge in [0.1, 0.15) is 6.10 Å². The van der Waals surface area contributed by atoms with Gasteiger partial charge in [-0.05, 0) is 6.92 Å². The number of nitrogens with zero attached hydrogens (tertiary/aromatic N) is 2. The van der Waals surface area contributed by atoms with Crippen LogP contribution in [0, 0.1) is 6.92 Å². The van der Waals surface area contributed by atoms with Gasteiger partial charge in [-0.3, -0.25) is 4.68 Å². The molecule has 0 aromatic carbocycles. The second-order valence-corrected chi connectivity index (χ2v) is 3.12. The maximum absolute atomic E-state index is 5.66. The first-order valence-corrected chi connectivity index (χ1v) is 4.13. The molecule has 0 amide bonds. The van der Waals surface area contributed by atoms with Crippen LogP contribution in [0.3, 0.4) is 0 Å². The molecule has 0 aliphatic carbocycles. The molecule has 1 fully saturated rings. The average molecular weight is 167 g/mol. The number of ether oxygens (including phenoxy) is 1. The van der Waals surface area contributed by atoms with Crippen LogP contribution >= 0.6 is 0 Å². The van der Waals surface area contributed by atoms with E-state index in [1.54, 1.807) is 6.20 Å². The standard InChI is InChI=1S/C8H13N3O/c1-6-8(5-10-11(6)2)12-7-3-9-4-7/h5,7,9H,3-4H2,1-2H3. The van der Waals surface area contributed by atoms with Gasteiger partial charge in [-0.2, -0.15) is 5.10 Å². The first kappa shape index (κ1) is 7.61. The van der Waals surface area contributed by atoms with Gasteiger partial charge in [-0.25, -0.2) is 0 Å². The zero-order valence-corrected chi connectivity index (χ0v) is 7.37. The minimum atomic E-state index is 0.341. The Balaban J connectivity index is 2.06. The van der Waals surface area contributed by atoms with E-state index in [1.165, 1.54) is 0 Å². The predicted octanol–water partition coefficient (Wildman–Crippen LogP) is 0.0791. The smallest absolute Gasteiger partial charge is 0.160 e. The Morgan fingerprint density at radius 2 is 2.42 bits per heavy atom. The maximum atomic E-state index is 5.66. The lowest BCUT2D eigenvalue weighted by atomic mass is 10.2. The van der Waals surface area contributed by atoms with Crippen molar-refractivity contribution in [2.24, 2.45) is 7.05 Å². The van der Waals surface area contributed by atoms with Crippen LogP contribution < -0.4 is 10.1 Å². The van der Waals surface area contributed by atoms with Crippen LogP contribution in [0.15, 0.2) is 6.20 Å². The van der Waals surface area contributed by atoms with Gasteiger partial charge in [0, 0.05) is 20.1 Å². The minimum Gasteiger partial charge on any atom is -0.484 e. The van der Waals surface area contributed by atoms with Crippen LogP contribution in [0.25, 0.3) is 0 Å². The molecule has 1 aromatic heterocycles. The summed E-state index contributed by atoms with van der Waals surface area (Å²) < 4.78 is 7.48. The van der Waals surface area contributed by atoms with Crippen molar-refractivity contribution in [1.82, 2.24) is 15.1 Å². The lowest BCUT2D eigenvalue weighted by Gasteiger charge is -2.27. The zero-order valence-electron chi connectivity index (χ0n) is 7.37. The molecular weight excluding hydrogens is 154 g/mol. The highest BCUT2D eigenvalue weighted by atomic mass is 16.5. The van der Waals surface area contributed by atoms with E-state index < -0.39 is 0 Å². The van der Waals surface area contributed by atoms with Gasteiger partial charge in [0.2, 0.25) is 0 Å². The van der Waals surface area contributed by atoms with Gasteiger partial charge in [0.15, 0.2) is 5.75 Å². The Hall–Kier alpha value is -1.03. The summed E-state index contributed by atoms with van der Waals surface area (Å²) in [6.07, 6.45) is 2.11. The van der Waals surface area contributed by atoms with Crippen LogP contribution in [-0.2, 0) is 7.05 Å². The normalized spacial score (nSPS) is 17.5. The molecule has 0 bridgehead atoms. The molecule has 0 radical (unpaired) electrons. The molecule has 12 heavy (non-hydrogen) atoms. The largest absolute Gasteiger partial charge is 0.484 e. The summed E-state index contributed by atoms with van der Waals surface area (Å²) in [5, 5.41) is 7.25. The highest BCUT2D eigenvalue weighted by Gasteiger charge is 2.19. The molecule has 4 nitrogen and oxygen atoms in total. The first-order valence-electron chi connectivity index (χ1n) is 4.13. The number of aryl methyl sites for hydroxylation is 1. The van der Waals surface area contributed by atoms with Crippen molar-refractivity contribution in [3.05, 3.63) is 11.9 Å². The second kappa shape index (κ2) is 2.79. The van der Waals surface area contributed by atoms with Crippen LogP contribution in [0.5, 0.6) is 5.75 Å². The maximum Gasteiger partial charge on any atom is 0.160 e. The molecule has 0 atom stereocenters. The van der Waals surface area contributed by atoms with E-state index in [4.69, 9.17) is 4.74 Å². The molecule has 2 heterocycles. The molecule has 4 heteroatoms. The Morgan fingerprint density at radius 1 is 1.67 bits per heavy atom. The van der Waals surface area contributed by atoms with E-state index in [9.17, 15) is 0 Å². The third-order valence-electron chi connectivity index (χ3n) is 2.23. The lowest BCUT2D eigenvalue weighted by Crippen LogP contribution is -2.50. The third-order valence-corrected chi connectivity index (χ3v) is 2.23. The van der Waals surface area contributed by atoms with Crippen LogP contribution in [0.2, 0.25) is 0 Å². The highest BCUT2D eigenvalue weighted by Crippen LogP contribution is 2.17. The first-order chi connectivity index (χ1) is 5.77. The molecule has 1 aliphatic heterocycles. The molecule has 1 aliphatic rings. The molecule has 1 saturated heterocycles. The summed E-state index contributed by atoms with van der Waals surface area (Å²) in [7, 11) is 1.92. The van der Waals surface area contributed by atoms with Crippen LogP contribution in [0.4, 0.5) is 0 Å². The molecule has 0 spiro atoms. The zero-order chi connectivity index (χ0) is 8.55. The quantitative estimate of drug-likeness (QED) is 0.678. The van der Waals surface area contributed by atoms with Gasteiger partial charge in [-0.1, -0.05) is 0 Å². The molecule has 1 N–H and O–H groups in total. The van der Waals surface area contributed by atoms with Crippen molar-refractivity contribution in [3.63, 3.8) is 0 Å². The fourth-order valence-electron chi connectivity index (χ4n) is 1.12. The summed E-state index contributed by atoms with van der Waals surface area (Å²) in [6.45, 7) is 3.91. The van der Waals surface area contributed by atoms with E-state index in [1.807, 2.05) is 18.7 Å². The van der Waals surface area contributed by atoms with E-state index in [-0.39, 0.29) is 0 Å². The number of rotatable bonds is 2. The molecule has 0 saturated carbocycles. The number of hydrogen-bond acceptors (Lipinski definition) is 3. The summed E-state index contributed by atoms with van der Waals surface area (Å²) >= 11 is 0. The molecular formula is C8H13N3O. The van der Waals surface area contributed by atoms with Crippen molar-refractivity contribution in [1.29, 1.82) is 0 Å². The fourth-order valence-corrected chi connectivity index (χ4v) is 1.12. The van der Waals surface area contributed by atoms with Gasteiger partial charge in [0.05, 0.1) is 11.9 Å². The number of aromatic nitrogens is 2.